The highest BCUT2D eigenvalue weighted by atomic mass is 16.6. The molecule has 2 rings (SSSR count). The molecule has 0 aliphatic rings. The van der Waals surface area contributed by atoms with Crippen LogP contribution in [-0.4, -0.2) is 68.2 Å². The molecule has 2 aromatic rings. The van der Waals surface area contributed by atoms with E-state index in [0.29, 0.717) is 10.6 Å². The minimum Gasteiger partial charge on any atom is -0.457 e. The van der Waals surface area contributed by atoms with Gasteiger partial charge in [-0.3, -0.25) is 19.8 Å². The number of aliphatic hydroxyl groups is 2. The van der Waals surface area contributed by atoms with E-state index in [0.717, 1.165) is 12.5 Å². The topological polar surface area (TPSA) is 159 Å². The molecule has 1 unspecified atom stereocenters. The maximum atomic E-state index is 13.8. The number of ketones is 1. The van der Waals surface area contributed by atoms with E-state index in [1.165, 1.54) is 6.92 Å². The van der Waals surface area contributed by atoms with Crippen molar-refractivity contribution in [1.29, 1.82) is 0 Å². The van der Waals surface area contributed by atoms with Crippen LogP contribution in [0.3, 0.4) is 0 Å². The highest BCUT2D eigenvalue weighted by molar-refractivity contribution is 6.10. The molecule has 0 aliphatic carbocycles. The summed E-state index contributed by atoms with van der Waals surface area (Å²) in [5, 5.41) is 21.6. The van der Waals surface area contributed by atoms with Crippen LogP contribution in [-0.2, 0) is 36.8 Å². The number of aliphatic hydroxyl groups excluding tert-OH is 1. The van der Waals surface area contributed by atoms with Crippen LogP contribution in [0.2, 0.25) is 0 Å². The molecule has 0 saturated carbocycles. The first kappa shape index (κ1) is 30.6. The summed E-state index contributed by atoms with van der Waals surface area (Å²) in [7, 11) is 0. The standard InChI is InChI=1S/C28H37N3O7/c1-18(32)24(34)30-31(25(35)21(29)16-19-12-8-6-9-13-19)22(17-20-14-10-7-11-15-20)23(33)28(5,37)26(36)38-27(2,3)4/h6-15,18,21-22,32,37H,16-17,29H2,1-5H3,(H,30,34)/t18?,21-,22-,28-/m0/s1. The number of nitrogens with one attached hydrogen (secondary N) is 1. The maximum Gasteiger partial charge on any atom is 0.346 e. The fourth-order valence-corrected chi connectivity index (χ4v) is 3.57. The smallest absolute Gasteiger partial charge is 0.346 e. The lowest BCUT2D eigenvalue weighted by Crippen LogP contribution is -2.65. The molecular weight excluding hydrogens is 490 g/mol. The Kier molecular flexibility index (Phi) is 10.3. The molecule has 5 N–H and O–H groups in total. The zero-order valence-corrected chi connectivity index (χ0v) is 22.4. The van der Waals surface area contributed by atoms with Crippen molar-refractivity contribution < 1.29 is 34.1 Å². The Morgan fingerprint density at radius 3 is 1.84 bits per heavy atom. The van der Waals surface area contributed by atoms with Crippen molar-refractivity contribution in [2.45, 2.75) is 76.9 Å². The fourth-order valence-electron chi connectivity index (χ4n) is 3.57. The Hall–Kier alpha value is -3.60. The highest BCUT2D eigenvalue weighted by Crippen LogP contribution is 2.21. The van der Waals surface area contributed by atoms with Crippen LogP contribution in [0, 0.1) is 0 Å². The number of carbonyl (C=O) groups excluding carboxylic acids is 4. The van der Waals surface area contributed by atoms with Gasteiger partial charge >= 0.3 is 5.97 Å². The average molecular weight is 528 g/mol. The number of rotatable bonds is 10. The van der Waals surface area contributed by atoms with Gasteiger partial charge in [0.1, 0.15) is 17.7 Å². The van der Waals surface area contributed by atoms with Gasteiger partial charge in [0.15, 0.2) is 5.78 Å². The van der Waals surface area contributed by atoms with Crippen molar-refractivity contribution in [3.63, 3.8) is 0 Å². The Balaban J connectivity index is 2.54. The molecule has 38 heavy (non-hydrogen) atoms. The third kappa shape index (κ3) is 8.47. The number of Topliss-reactive ketones (excluding diaryl/α,β-unsaturated/α-hetero) is 1. The summed E-state index contributed by atoms with van der Waals surface area (Å²) in [6, 6.07) is 14.7. The molecule has 2 aromatic carbocycles. The lowest BCUT2D eigenvalue weighted by Gasteiger charge is -2.36. The number of esters is 1. The normalized spacial score (nSPS) is 15.4. The number of amides is 2. The molecule has 0 bridgehead atoms. The Labute approximate surface area is 222 Å². The van der Waals surface area contributed by atoms with Crippen LogP contribution in [0.15, 0.2) is 60.7 Å². The molecule has 0 fully saturated rings. The van der Waals surface area contributed by atoms with Crippen LogP contribution in [0.25, 0.3) is 0 Å². The summed E-state index contributed by atoms with van der Waals surface area (Å²) in [6.07, 6.45) is -1.63. The number of hydrogen-bond acceptors (Lipinski definition) is 8. The van der Waals surface area contributed by atoms with E-state index < -0.39 is 53.0 Å². The number of carbonyl (C=O) groups is 4. The molecule has 0 heterocycles. The third-order valence-electron chi connectivity index (χ3n) is 5.63. The summed E-state index contributed by atoms with van der Waals surface area (Å²) in [6.45, 7) is 6.90. The Morgan fingerprint density at radius 2 is 1.39 bits per heavy atom. The van der Waals surface area contributed by atoms with Gasteiger partial charge in [0.2, 0.25) is 5.60 Å². The number of hydrogen-bond donors (Lipinski definition) is 4. The van der Waals surface area contributed by atoms with Crippen molar-refractivity contribution in [2.24, 2.45) is 5.73 Å². The second kappa shape index (κ2) is 12.8. The second-order valence-corrected chi connectivity index (χ2v) is 10.3. The van der Waals surface area contributed by atoms with Crippen molar-refractivity contribution >= 4 is 23.6 Å². The SMILES string of the molecule is CC(O)C(=O)NN(C(=O)[C@@H](N)Cc1ccccc1)[C@@H](Cc1ccccc1)C(=O)[C@](C)(O)C(=O)OC(C)(C)C. The Bertz CT molecular complexity index is 1110. The van der Waals surface area contributed by atoms with Gasteiger partial charge in [-0.25, -0.2) is 9.80 Å². The van der Waals surface area contributed by atoms with E-state index in [1.54, 1.807) is 81.4 Å². The van der Waals surface area contributed by atoms with E-state index >= 15 is 0 Å². The molecular formula is C28H37N3O7. The second-order valence-electron chi connectivity index (χ2n) is 10.3. The predicted octanol–water partition coefficient (Wildman–Crippen LogP) is 1.07. The van der Waals surface area contributed by atoms with Gasteiger partial charge in [0.05, 0.1) is 6.04 Å². The molecule has 0 radical (unpaired) electrons. The minimum absolute atomic E-state index is 0.0788. The van der Waals surface area contributed by atoms with Gasteiger partial charge < -0.3 is 20.7 Å². The molecule has 206 valence electrons. The van der Waals surface area contributed by atoms with Gasteiger partial charge in [0, 0.05) is 6.42 Å². The van der Waals surface area contributed by atoms with Crippen LogP contribution in [0.4, 0.5) is 0 Å². The zero-order chi connectivity index (χ0) is 28.7. The van der Waals surface area contributed by atoms with Crippen LogP contribution in [0.5, 0.6) is 0 Å². The Morgan fingerprint density at radius 1 is 0.921 bits per heavy atom. The summed E-state index contributed by atoms with van der Waals surface area (Å²) in [4.78, 5) is 52.8. The van der Waals surface area contributed by atoms with E-state index in [2.05, 4.69) is 5.43 Å². The summed E-state index contributed by atoms with van der Waals surface area (Å²) < 4.78 is 5.24. The third-order valence-corrected chi connectivity index (χ3v) is 5.63. The molecule has 4 atom stereocenters. The molecule has 10 heteroatoms. The van der Waals surface area contributed by atoms with E-state index in [4.69, 9.17) is 10.5 Å². The van der Waals surface area contributed by atoms with Crippen LogP contribution >= 0.6 is 0 Å². The summed E-state index contributed by atoms with van der Waals surface area (Å²) in [5.74, 6) is -4.14. The van der Waals surface area contributed by atoms with Gasteiger partial charge in [0.25, 0.3) is 11.8 Å². The van der Waals surface area contributed by atoms with Crippen LogP contribution < -0.4 is 11.2 Å². The van der Waals surface area contributed by atoms with Crippen LogP contribution in [0.1, 0.15) is 45.7 Å². The fraction of sp³-hybridized carbons (Fsp3) is 0.429. The first-order valence-corrected chi connectivity index (χ1v) is 12.3. The number of nitrogens with two attached hydrogens (primary N) is 1. The first-order chi connectivity index (χ1) is 17.6. The molecule has 0 spiro atoms. The zero-order valence-electron chi connectivity index (χ0n) is 22.4. The lowest BCUT2D eigenvalue weighted by molar-refractivity contribution is -0.181. The molecule has 2 amide bonds. The number of ether oxygens (including phenoxy) is 1. The summed E-state index contributed by atoms with van der Waals surface area (Å²) >= 11 is 0. The summed E-state index contributed by atoms with van der Waals surface area (Å²) in [5.41, 5.74) is 6.12. The van der Waals surface area contributed by atoms with Crippen molar-refractivity contribution in [3.05, 3.63) is 71.8 Å². The monoisotopic (exact) mass is 527 g/mol. The number of nitrogens with zero attached hydrogens (tertiary/aromatic N) is 1. The quantitative estimate of drug-likeness (QED) is 0.203. The first-order valence-electron chi connectivity index (χ1n) is 12.3. The molecule has 0 aromatic heterocycles. The van der Waals surface area contributed by atoms with Gasteiger partial charge in [-0.15, -0.1) is 0 Å². The number of benzene rings is 2. The maximum absolute atomic E-state index is 13.8. The van der Waals surface area contributed by atoms with Gasteiger partial charge in [-0.2, -0.15) is 0 Å². The van der Waals surface area contributed by atoms with E-state index in [9.17, 15) is 29.4 Å². The van der Waals surface area contributed by atoms with Crippen molar-refractivity contribution in [2.75, 3.05) is 0 Å². The highest BCUT2D eigenvalue weighted by Gasteiger charge is 2.49. The molecule has 10 nitrogen and oxygen atoms in total. The van der Waals surface area contributed by atoms with Crippen molar-refractivity contribution in [1.82, 2.24) is 10.4 Å². The molecule has 0 aliphatic heterocycles. The number of hydrazine groups is 1. The minimum atomic E-state index is -2.68. The van der Waals surface area contributed by atoms with E-state index in [1.807, 2.05) is 0 Å². The average Bonchev–Trinajstić information content (AvgIpc) is 2.85. The largest absolute Gasteiger partial charge is 0.457 e. The van der Waals surface area contributed by atoms with Crippen molar-refractivity contribution in [3.8, 4) is 0 Å². The van der Waals surface area contributed by atoms with E-state index in [-0.39, 0.29) is 12.8 Å². The lowest BCUT2D eigenvalue weighted by atomic mass is 9.90. The van der Waals surface area contributed by atoms with Gasteiger partial charge in [-0.05, 0) is 52.2 Å². The molecule has 0 saturated heterocycles. The van der Waals surface area contributed by atoms with Gasteiger partial charge in [-0.1, -0.05) is 60.7 Å². The predicted molar refractivity (Wildman–Crippen MR) is 140 cm³/mol.